The molecule has 0 amide bonds. The number of hydrogen-bond donors (Lipinski definition) is 0. The molecule has 0 aliphatic carbocycles. The molecule has 0 saturated heterocycles. The third-order valence-electron chi connectivity index (χ3n) is 6.01. The van der Waals surface area contributed by atoms with Gasteiger partial charge in [0.2, 0.25) is 5.88 Å². The van der Waals surface area contributed by atoms with Crippen LogP contribution in [0.15, 0.2) is 108 Å². The first-order chi connectivity index (χ1) is 17.2. The van der Waals surface area contributed by atoms with E-state index in [0.29, 0.717) is 28.2 Å². The van der Waals surface area contributed by atoms with Crippen LogP contribution in [0, 0.1) is 0 Å². The number of halogens is 2. The van der Waals surface area contributed by atoms with Gasteiger partial charge in [-0.05, 0) is 41.0 Å². The summed E-state index contributed by atoms with van der Waals surface area (Å²) in [6.07, 6.45) is 13.3. The lowest BCUT2D eigenvalue weighted by atomic mass is 10.0. The molecule has 0 N–H and O–H groups in total. The summed E-state index contributed by atoms with van der Waals surface area (Å²) in [4.78, 5) is 4.42. The fraction of sp³-hybridized carbons (Fsp3) is 0.138. The first-order valence-corrected chi connectivity index (χ1v) is 12.3. The van der Waals surface area contributed by atoms with E-state index in [-0.39, 0.29) is 0 Å². The van der Waals surface area contributed by atoms with Crippen LogP contribution in [0.25, 0.3) is 22.0 Å². The molecule has 3 aromatic carbocycles. The van der Waals surface area contributed by atoms with Crippen molar-refractivity contribution in [2.45, 2.75) is 13.0 Å². The monoisotopic (exact) mass is 501 g/mol. The van der Waals surface area contributed by atoms with Crippen molar-refractivity contribution in [1.82, 2.24) is 10.1 Å². The van der Waals surface area contributed by atoms with Gasteiger partial charge < -0.3 is 14.3 Å². The van der Waals surface area contributed by atoms with Crippen LogP contribution in [0.5, 0.6) is 0 Å². The second-order valence-electron chi connectivity index (χ2n) is 8.37. The summed E-state index contributed by atoms with van der Waals surface area (Å²) in [5, 5.41) is 7.75. The third-order valence-corrected chi connectivity index (χ3v) is 6.83. The molecule has 1 aliphatic heterocycles. The zero-order valence-electron chi connectivity index (χ0n) is 19.1. The quantitative estimate of drug-likeness (QED) is 0.244. The van der Waals surface area contributed by atoms with Crippen LogP contribution in [-0.2, 0) is 6.54 Å². The standard InChI is InChI=1S/C29H25Cl2N3O/c30-26-15-8-14-25(29(26)31)27-20-28(35-32-27)34(19-9-18-33-16-5-1-2-6-17-33)21-23-12-7-11-22-10-3-4-13-24(22)23/h1-8,10-17,20H,9,18-19,21H2. The molecule has 0 bridgehead atoms. The summed E-state index contributed by atoms with van der Waals surface area (Å²) >= 11 is 12.7. The number of allylic oxidation sites excluding steroid dienone is 4. The molecule has 0 unspecified atom stereocenters. The summed E-state index contributed by atoms with van der Waals surface area (Å²) in [5.74, 6) is 0.701. The number of hydrogen-bond acceptors (Lipinski definition) is 4. The number of fused-ring (bicyclic) bond motifs is 1. The molecular weight excluding hydrogens is 477 g/mol. The highest BCUT2D eigenvalue weighted by molar-refractivity contribution is 6.43. The molecule has 1 aliphatic rings. The predicted octanol–water partition coefficient (Wildman–Crippen LogP) is 8.10. The van der Waals surface area contributed by atoms with Crippen LogP contribution in [-0.4, -0.2) is 23.1 Å². The van der Waals surface area contributed by atoms with E-state index in [4.69, 9.17) is 27.7 Å². The minimum absolute atomic E-state index is 0.475. The van der Waals surface area contributed by atoms with Crippen molar-refractivity contribution >= 4 is 39.9 Å². The zero-order valence-corrected chi connectivity index (χ0v) is 20.7. The smallest absolute Gasteiger partial charge is 0.228 e. The molecule has 0 spiro atoms. The first-order valence-electron chi connectivity index (χ1n) is 11.6. The molecule has 0 atom stereocenters. The van der Waals surface area contributed by atoms with E-state index >= 15 is 0 Å². The van der Waals surface area contributed by atoms with E-state index in [2.05, 4.69) is 69.8 Å². The van der Waals surface area contributed by atoms with Crippen molar-refractivity contribution in [3.63, 3.8) is 0 Å². The minimum Gasteiger partial charge on any atom is -0.354 e. The van der Waals surface area contributed by atoms with Gasteiger partial charge in [0, 0.05) is 43.7 Å². The van der Waals surface area contributed by atoms with Gasteiger partial charge in [0.1, 0.15) is 5.69 Å². The van der Waals surface area contributed by atoms with Crippen molar-refractivity contribution in [2.75, 3.05) is 18.0 Å². The molecule has 5 rings (SSSR count). The molecule has 2 heterocycles. The van der Waals surface area contributed by atoms with E-state index in [1.54, 1.807) is 6.07 Å². The van der Waals surface area contributed by atoms with Crippen molar-refractivity contribution in [3.05, 3.63) is 119 Å². The summed E-state index contributed by atoms with van der Waals surface area (Å²) in [7, 11) is 0. The maximum atomic E-state index is 6.44. The normalized spacial score (nSPS) is 12.9. The fourth-order valence-corrected chi connectivity index (χ4v) is 4.64. The molecule has 4 nitrogen and oxygen atoms in total. The summed E-state index contributed by atoms with van der Waals surface area (Å²) < 4.78 is 5.85. The Labute approximate surface area is 215 Å². The zero-order chi connectivity index (χ0) is 24.0. The Morgan fingerprint density at radius 2 is 1.63 bits per heavy atom. The molecular formula is C29H25Cl2N3O. The van der Waals surface area contributed by atoms with E-state index in [1.807, 2.05) is 42.5 Å². The topological polar surface area (TPSA) is 32.5 Å². The van der Waals surface area contributed by atoms with Crippen molar-refractivity contribution < 1.29 is 4.52 Å². The van der Waals surface area contributed by atoms with Gasteiger partial charge in [-0.2, -0.15) is 0 Å². The van der Waals surface area contributed by atoms with E-state index in [9.17, 15) is 0 Å². The molecule has 176 valence electrons. The van der Waals surface area contributed by atoms with E-state index in [0.717, 1.165) is 25.1 Å². The Morgan fingerprint density at radius 3 is 2.49 bits per heavy atom. The summed E-state index contributed by atoms with van der Waals surface area (Å²) in [6.45, 7) is 2.39. The van der Waals surface area contributed by atoms with Crippen molar-refractivity contribution in [2.24, 2.45) is 0 Å². The van der Waals surface area contributed by atoms with Crippen LogP contribution < -0.4 is 4.90 Å². The Morgan fingerprint density at radius 1 is 0.857 bits per heavy atom. The molecule has 4 aromatic rings. The highest BCUT2D eigenvalue weighted by Gasteiger charge is 2.18. The molecule has 0 radical (unpaired) electrons. The Bertz CT molecular complexity index is 1380. The van der Waals surface area contributed by atoms with Gasteiger partial charge in [0.15, 0.2) is 0 Å². The average Bonchev–Trinajstić information content (AvgIpc) is 3.22. The van der Waals surface area contributed by atoms with Crippen LogP contribution in [0.4, 0.5) is 5.88 Å². The predicted molar refractivity (Wildman–Crippen MR) is 146 cm³/mol. The van der Waals surface area contributed by atoms with Gasteiger partial charge in [0.05, 0.1) is 10.0 Å². The summed E-state index contributed by atoms with van der Waals surface area (Å²) in [6, 6.07) is 22.3. The van der Waals surface area contributed by atoms with Gasteiger partial charge in [-0.25, -0.2) is 0 Å². The van der Waals surface area contributed by atoms with Crippen molar-refractivity contribution in [3.8, 4) is 11.3 Å². The summed E-state index contributed by atoms with van der Waals surface area (Å²) in [5.41, 5.74) is 2.66. The van der Waals surface area contributed by atoms with Gasteiger partial charge in [-0.15, -0.1) is 0 Å². The maximum absolute atomic E-state index is 6.44. The highest BCUT2D eigenvalue weighted by atomic mass is 35.5. The number of nitrogens with zero attached hydrogens (tertiary/aromatic N) is 3. The molecule has 0 fully saturated rings. The Hall–Kier alpha value is -3.47. The second kappa shape index (κ2) is 10.9. The van der Waals surface area contributed by atoms with Crippen molar-refractivity contribution in [1.29, 1.82) is 0 Å². The second-order valence-corrected chi connectivity index (χ2v) is 9.16. The van der Waals surface area contributed by atoms with Crippen LogP contribution >= 0.6 is 23.2 Å². The van der Waals surface area contributed by atoms with E-state index in [1.165, 1.54) is 16.3 Å². The average molecular weight is 502 g/mol. The van der Waals surface area contributed by atoms with Crippen LogP contribution in [0.2, 0.25) is 10.0 Å². The molecule has 1 aromatic heterocycles. The first kappa shape index (κ1) is 23.3. The van der Waals surface area contributed by atoms with Crippen LogP contribution in [0.3, 0.4) is 0 Å². The van der Waals surface area contributed by atoms with Gasteiger partial charge in [-0.3, -0.25) is 0 Å². The number of benzene rings is 3. The largest absolute Gasteiger partial charge is 0.354 e. The molecule has 6 heteroatoms. The maximum Gasteiger partial charge on any atom is 0.228 e. The minimum atomic E-state index is 0.475. The molecule has 0 saturated carbocycles. The number of rotatable bonds is 8. The van der Waals surface area contributed by atoms with Gasteiger partial charge >= 0.3 is 0 Å². The fourth-order valence-electron chi connectivity index (χ4n) is 4.24. The van der Waals surface area contributed by atoms with Gasteiger partial charge in [0.25, 0.3) is 0 Å². The lowest BCUT2D eigenvalue weighted by Gasteiger charge is -2.24. The lowest BCUT2D eigenvalue weighted by molar-refractivity contribution is 0.411. The lowest BCUT2D eigenvalue weighted by Crippen LogP contribution is -2.26. The molecule has 35 heavy (non-hydrogen) atoms. The van der Waals surface area contributed by atoms with E-state index < -0.39 is 0 Å². The number of aromatic nitrogens is 1. The third kappa shape index (κ3) is 5.45. The SMILES string of the molecule is Clc1cccc(-c2cc(N(CCCN3C=CC=CC=C3)Cc3cccc4ccccc34)on2)c1Cl. The highest BCUT2D eigenvalue weighted by Crippen LogP contribution is 2.35. The Balaban J connectivity index is 1.41. The number of anilines is 1. The van der Waals surface area contributed by atoms with Gasteiger partial charge in [-0.1, -0.05) is 95.1 Å². The Kier molecular flexibility index (Phi) is 7.22. The van der Waals surface area contributed by atoms with Crippen LogP contribution in [0.1, 0.15) is 12.0 Å².